The summed E-state index contributed by atoms with van der Waals surface area (Å²) in [5, 5.41) is 0. The summed E-state index contributed by atoms with van der Waals surface area (Å²) in [5.41, 5.74) is 8.69. The van der Waals surface area contributed by atoms with Crippen molar-refractivity contribution in [3.05, 3.63) is 35.9 Å². The molecule has 0 aromatic heterocycles. The van der Waals surface area contributed by atoms with Gasteiger partial charge in [0.05, 0.1) is 4.99 Å². The van der Waals surface area contributed by atoms with E-state index in [1.807, 2.05) is 0 Å². The molecule has 2 N–H and O–H groups in total. The molecule has 0 aliphatic heterocycles. The fourth-order valence-corrected chi connectivity index (χ4v) is 6.80. The maximum atomic E-state index is 6.19. The van der Waals surface area contributed by atoms with Gasteiger partial charge in [-0.2, -0.15) is 0 Å². The molecule has 0 heterocycles. The number of fused-ring (bicyclic) bond motifs is 1. The van der Waals surface area contributed by atoms with Crippen molar-refractivity contribution in [2.24, 2.45) is 28.9 Å². The van der Waals surface area contributed by atoms with Gasteiger partial charge in [-0.05, 0) is 66.8 Å². The fourth-order valence-electron chi connectivity index (χ4n) is 6.42. The molecular weight excluding hydrogens is 286 g/mol. The van der Waals surface area contributed by atoms with Gasteiger partial charge >= 0.3 is 0 Å². The monoisotopic (exact) mass is 313 g/mol. The third-order valence-corrected chi connectivity index (χ3v) is 7.51. The quantitative estimate of drug-likeness (QED) is 0.808. The highest BCUT2D eigenvalue weighted by Gasteiger charge is 2.58. The van der Waals surface area contributed by atoms with Gasteiger partial charge in [0, 0.05) is 5.92 Å². The number of hydrogen-bond donors (Lipinski definition) is 1. The number of rotatable bonds is 3. The molecule has 4 aliphatic rings. The summed E-state index contributed by atoms with van der Waals surface area (Å²) in [6, 6.07) is 11.3. The number of nitrogens with two attached hydrogens (primary N) is 1. The molecule has 4 fully saturated rings. The normalized spacial score (nSPS) is 43.0. The van der Waals surface area contributed by atoms with Gasteiger partial charge < -0.3 is 5.73 Å². The molecular formula is C20H27NS. The maximum Gasteiger partial charge on any atom is 0.0764 e. The van der Waals surface area contributed by atoms with Crippen molar-refractivity contribution in [1.29, 1.82) is 0 Å². The minimum Gasteiger partial charge on any atom is -0.393 e. The Kier molecular flexibility index (Phi) is 3.38. The topological polar surface area (TPSA) is 26.0 Å². The van der Waals surface area contributed by atoms with Crippen LogP contribution in [-0.2, 0) is 5.41 Å². The molecule has 4 aliphatic carbocycles. The van der Waals surface area contributed by atoms with Gasteiger partial charge in [-0.1, -0.05) is 55.9 Å². The average molecular weight is 314 g/mol. The van der Waals surface area contributed by atoms with Gasteiger partial charge in [0.1, 0.15) is 0 Å². The molecule has 118 valence electrons. The smallest absolute Gasteiger partial charge is 0.0764 e. The van der Waals surface area contributed by atoms with Gasteiger partial charge in [0.15, 0.2) is 0 Å². The van der Waals surface area contributed by atoms with Crippen LogP contribution >= 0.6 is 12.2 Å². The second-order valence-corrected chi connectivity index (χ2v) is 8.75. The van der Waals surface area contributed by atoms with Crippen molar-refractivity contribution in [1.82, 2.24) is 0 Å². The van der Waals surface area contributed by atoms with Crippen LogP contribution in [0.4, 0.5) is 0 Å². The van der Waals surface area contributed by atoms with E-state index in [0.717, 1.165) is 4.99 Å². The Balaban J connectivity index is 1.82. The second-order valence-electron chi connectivity index (χ2n) is 8.28. The first kappa shape index (κ1) is 14.7. The van der Waals surface area contributed by atoms with Crippen LogP contribution < -0.4 is 5.73 Å². The Hall–Kier alpha value is -0.890. The summed E-state index contributed by atoms with van der Waals surface area (Å²) in [5.74, 6) is 1.93. The summed E-state index contributed by atoms with van der Waals surface area (Å²) in [7, 11) is 0. The molecule has 22 heavy (non-hydrogen) atoms. The summed E-state index contributed by atoms with van der Waals surface area (Å²) in [6.45, 7) is 2.40. The van der Waals surface area contributed by atoms with Crippen LogP contribution in [0.5, 0.6) is 0 Å². The highest BCUT2D eigenvalue weighted by molar-refractivity contribution is 7.80. The minimum absolute atomic E-state index is 0.392. The molecule has 5 rings (SSSR count). The van der Waals surface area contributed by atoms with Crippen molar-refractivity contribution in [2.75, 3.05) is 0 Å². The Morgan fingerprint density at radius 3 is 2.59 bits per heavy atom. The zero-order chi connectivity index (χ0) is 15.4. The molecule has 5 atom stereocenters. The third-order valence-electron chi connectivity index (χ3n) is 7.24. The van der Waals surface area contributed by atoms with E-state index in [1.54, 1.807) is 5.56 Å². The van der Waals surface area contributed by atoms with Crippen LogP contribution in [0, 0.1) is 23.2 Å². The molecule has 0 radical (unpaired) electrons. The van der Waals surface area contributed by atoms with Crippen LogP contribution in [0.25, 0.3) is 0 Å². The molecule has 4 saturated carbocycles. The van der Waals surface area contributed by atoms with Crippen molar-refractivity contribution in [2.45, 2.75) is 57.3 Å². The predicted octanol–water partition coefficient (Wildman–Crippen LogP) is 4.84. The van der Waals surface area contributed by atoms with Gasteiger partial charge in [0.25, 0.3) is 0 Å². The van der Waals surface area contributed by atoms with E-state index in [4.69, 9.17) is 18.0 Å². The number of benzene rings is 1. The van der Waals surface area contributed by atoms with Crippen molar-refractivity contribution >= 4 is 17.2 Å². The number of hydrogen-bond acceptors (Lipinski definition) is 1. The van der Waals surface area contributed by atoms with E-state index in [9.17, 15) is 0 Å². The van der Waals surface area contributed by atoms with Crippen molar-refractivity contribution < 1.29 is 0 Å². The third kappa shape index (κ3) is 2.06. The van der Waals surface area contributed by atoms with E-state index in [2.05, 4.69) is 37.3 Å². The van der Waals surface area contributed by atoms with E-state index < -0.39 is 0 Å². The fraction of sp³-hybridized carbons (Fsp3) is 0.650. The van der Waals surface area contributed by atoms with Gasteiger partial charge in [-0.3, -0.25) is 0 Å². The number of thiocarbonyl (C=S) groups is 1. The molecule has 1 aromatic carbocycles. The maximum absolute atomic E-state index is 6.19. The largest absolute Gasteiger partial charge is 0.393 e. The summed E-state index contributed by atoms with van der Waals surface area (Å²) < 4.78 is 0. The zero-order valence-corrected chi connectivity index (χ0v) is 14.4. The van der Waals surface area contributed by atoms with Gasteiger partial charge in [-0.25, -0.2) is 0 Å². The molecule has 5 unspecified atom stereocenters. The summed E-state index contributed by atoms with van der Waals surface area (Å²) in [4.78, 5) is 0.797. The molecule has 1 nitrogen and oxygen atoms in total. The van der Waals surface area contributed by atoms with E-state index in [-0.39, 0.29) is 0 Å². The lowest BCUT2D eigenvalue weighted by molar-refractivity contribution is 0.0192. The Labute approximate surface area is 139 Å². The van der Waals surface area contributed by atoms with Crippen molar-refractivity contribution in [3.8, 4) is 0 Å². The summed E-state index contributed by atoms with van der Waals surface area (Å²) >= 11 is 5.49. The predicted molar refractivity (Wildman–Crippen MR) is 95.8 cm³/mol. The lowest BCUT2D eigenvalue weighted by Crippen LogP contribution is -2.51. The first-order valence-corrected chi connectivity index (χ1v) is 9.33. The van der Waals surface area contributed by atoms with Crippen LogP contribution in [0.15, 0.2) is 30.3 Å². The van der Waals surface area contributed by atoms with E-state index in [1.165, 1.54) is 44.9 Å². The lowest BCUT2D eigenvalue weighted by Gasteiger charge is -2.55. The van der Waals surface area contributed by atoms with Gasteiger partial charge in [0.2, 0.25) is 0 Å². The molecule has 0 amide bonds. The average Bonchev–Trinajstić information content (AvgIpc) is 2.71. The van der Waals surface area contributed by atoms with E-state index in [0.29, 0.717) is 28.6 Å². The molecule has 0 spiro atoms. The summed E-state index contributed by atoms with van der Waals surface area (Å²) in [6.07, 6.45) is 9.39. The second kappa shape index (κ2) is 5.06. The highest BCUT2D eigenvalue weighted by Crippen LogP contribution is 2.65. The van der Waals surface area contributed by atoms with Crippen LogP contribution in [0.3, 0.4) is 0 Å². The SMILES string of the molecule is CCC12CCC3CC(c4ccccc4)(CC(C1)C3C(N)=S)C2. The van der Waals surface area contributed by atoms with Crippen LogP contribution in [0.2, 0.25) is 0 Å². The standard InChI is InChI=1S/C20H27NS/c1-2-19-9-8-14-11-20(13-19,16-6-4-3-5-7-16)12-15(10-19)17(14)18(21)22/h3-7,14-15,17H,2,8-13H2,1H3,(H2,21,22). The lowest BCUT2D eigenvalue weighted by atomic mass is 9.49. The Bertz CT molecular complexity index is 583. The molecule has 0 saturated heterocycles. The Morgan fingerprint density at radius 2 is 1.91 bits per heavy atom. The van der Waals surface area contributed by atoms with Gasteiger partial charge in [-0.15, -0.1) is 0 Å². The van der Waals surface area contributed by atoms with E-state index >= 15 is 0 Å². The zero-order valence-electron chi connectivity index (χ0n) is 13.6. The van der Waals surface area contributed by atoms with Crippen LogP contribution in [0.1, 0.15) is 57.4 Å². The highest BCUT2D eigenvalue weighted by atomic mass is 32.1. The molecule has 4 bridgehead atoms. The molecule has 2 heteroatoms. The van der Waals surface area contributed by atoms with Crippen molar-refractivity contribution in [3.63, 3.8) is 0 Å². The minimum atomic E-state index is 0.392. The Morgan fingerprint density at radius 1 is 1.18 bits per heavy atom. The first-order valence-electron chi connectivity index (χ1n) is 8.92. The van der Waals surface area contributed by atoms with Crippen LogP contribution in [-0.4, -0.2) is 4.99 Å². The molecule has 1 aromatic rings. The first-order chi connectivity index (χ1) is 10.6.